The smallest absolute Gasteiger partial charge is 0.328 e. The van der Waals surface area contributed by atoms with Gasteiger partial charge >= 0.3 is 5.97 Å². The highest BCUT2D eigenvalue weighted by Crippen LogP contribution is 2.15. The van der Waals surface area contributed by atoms with Crippen molar-refractivity contribution < 1.29 is 14.3 Å². The monoisotopic (exact) mass is 313 g/mol. The van der Waals surface area contributed by atoms with Crippen molar-refractivity contribution in [1.29, 1.82) is 0 Å². The van der Waals surface area contributed by atoms with Crippen molar-refractivity contribution in [3.05, 3.63) is 71.8 Å². The number of carboxylic acid groups (broad SMARTS) is 1. The first-order valence-electron chi connectivity index (χ1n) is 7.70. The summed E-state index contributed by atoms with van der Waals surface area (Å²) in [4.78, 5) is 16.0. The first-order valence-corrected chi connectivity index (χ1v) is 7.70. The summed E-state index contributed by atoms with van der Waals surface area (Å²) in [6.45, 7) is -0.430. The van der Waals surface area contributed by atoms with Crippen LogP contribution in [-0.4, -0.2) is 29.5 Å². The molecule has 1 atom stereocenters. The Morgan fingerprint density at radius 2 is 1.48 bits per heavy atom. The van der Waals surface area contributed by atoms with E-state index in [0.29, 0.717) is 25.0 Å². The molecule has 0 unspecified atom stereocenters. The molecule has 0 aliphatic heterocycles. The number of rotatable bonds is 8. The van der Waals surface area contributed by atoms with Crippen molar-refractivity contribution in [2.45, 2.75) is 25.3 Å². The van der Waals surface area contributed by atoms with Crippen molar-refractivity contribution in [2.75, 3.05) is 6.67 Å². The summed E-state index contributed by atoms with van der Waals surface area (Å²) in [6, 6.07) is 18.2. The highest BCUT2D eigenvalue weighted by molar-refractivity contribution is 6.13. The minimum atomic E-state index is -0.978. The zero-order chi connectivity index (χ0) is 16.5. The topological polar surface area (TPSA) is 49.7 Å². The van der Waals surface area contributed by atoms with E-state index in [1.807, 2.05) is 60.7 Å². The number of aliphatic carboxylic acids is 1. The highest BCUT2D eigenvalue weighted by Gasteiger charge is 2.18. The van der Waals surface area contributed by atoms with Crippen molar-refractivity contribution >= 4 is 11.7 Å². The van der Waals surface area contributed by atoms with E-state index < -0.39 is 18.7 Å². The van der Waals surface area contributed by atoms with Crippen LogP contribution in [0.4, 0.5) is 4.39 Å². The lowest BCUT2D eigenvalue weighted by Crippen LogP contribution is -2.21. The number of halogens is 1. The molecular formula is C19H20FNO2. The lowest BCUT2D eigenvalue weighted by molar-refractivity contribution is -0.138. The van der Waals surface area contributed by atoms with Crippen LogP contribution in [0.2, 0.25) is 0 Å². The average molecular weight is 313 g/mol. The lowest BCUT2D eigenvalue weighted by Gasteiger charge is -2.12. The van der Waals surface area contributed by atoms with Gasteiger partial charge in [0, 0.05) is 11.1 Å². The molecule has 1 N–H and O–H groups in total. The normalized spacial score (nSPS) is 11.7. The molecule has 0 spiro atoms. The number of hydrogen-bond acceptors (Lipinski definition) is 2. The molecule has 0 heterocycles. The Morgan fingerprint density at radius 3 is 1.91 bits per heavy atom. The number of hydrogen-bond donors (Lipinski definition) is 1. The standard InChI is InChI=1S/C19H20FNO2/c20-14-8-7-13-17(19(22)23)21-18(15-9-3-1-4-10-15)16-11-5-2-6-12-16/h1-6,9-12,17H,7-8,13-14H2,(H,22,23)/t17-/m1/s1. The second kappa shape index (κ2) is 8.83. The van der Waals surface area contributed by atoms with Gasteiger partial charge in [0.2, 0.25) is 0 Å². The summed E-state index contributed by atoms with van der Waals surface area (Å²) >= 11 is 0. The van der Waals surface area contributed by atoms with E-state index in [1.165, 1.54) is 0 Å². The maximum Gasteiger partial charge on any atom is 0.328 e. The second-order valence-electron chi connectivity index (χ2n) is 5.25. The number of carbonyl (C=O) groups is 1. The van der Waals surface area contributed by atoms with E-state index >= 15 is 0 Å². The Hall–Kier alpha value is -2.49. The first kappa shape index (κ1) is 16.9. The Kier molecular flexibility index (Phi) is 6.48. The van der Waals surface area contributed by atoms with Crippen LogP contribution in [0, 0.1) is 0 Å². The fraction of sp³-hybridized carbons (Fsp3) is 0.263. The molecule has 0 aromatic heterocycles. The molecule has 0 radical (unpaired) electrons. The third-order valence-electron chi connectivity index (χ3n) is 3.53. The molecule has 23 heavy (non-hydrogen) atoms. The van der Waals surface area contributed by atoms with Gasteiger partial charge in [0.15, 0.2) is 0 Å². The van der Waals surface area contributed by atoms with Crippen LogP contribution < -0.4 is 0 Å². The molecule has 0 aliphatic rings. The van der Waals surface area contributed by atoms with Gasteiger partial charge < -0.3 is 5.11 Å². The van der Waals surface area contributed by atoms with E-state index in [2.05, 4.69) is 4.99 Å². The van der Waals surface area contributed by atoms with Crippen LogP contribution in [0.5, 0.6) is 0 Å². The van der Waals surface area contributed by atoms with Gasteiger partial charge in [0.1, 0.15) is 6.04 Å². The van der Waals surface area contributed by atoms with Crippen molar-refractivity contribution in [3.63, 3.8) is 0 Å². The molecule has 0 fully saturated rings. The molecule has 0 aliphatic carbocycles. The molecule has 120 valence electrons. The zero-order valence-electron chi connectivity index (χ0n) is 12.9. The fourth-order valence-corrected chi connectivity index (χ4v) is 2.34. The van der Waals surface area contributed by atoms with Crippen LogP contribution in [0.1, 0.15) is 30.4 Å². The first-order chi connectivity index (χ1) is 11.2. The van der Waals surface area contributed by atoms with Gasteiger partial charge in [-0.05, 0) is 19.3 Å². The molecule has 0 amide bonds. The van der Waals surface area contributed by atoms with Crippen molar-refractivity contribution in [3.8, 4) is 0 Å². The number of aliphatic imine (C=N–C) groups is 1. The van der Waals surface area contributed by atoms with Crippen molar-refractivity contribution in [1.82, 2.24) is 0 Å². The van der Waals surface area contributed by atoms with Crippen LogP contribution >= 0.6 is 0 Å². The number of nitrogens with zero attached hydrogens (tertiary/aromatic N) is 1. The molecule has 2 rings (SSSR count). The third kappa shape index (κ3) is 5.02. The second-order valence-corrected chi connectivity index (χ2v) is 5.25. The highest BCUT2D eigenvalue weighted by atomic mass is 19.1. The minimum Gasteiger partial charge on any atom is -0.480 e. The third-order valence-corrected chi connectivity index (χ3v) is 3.53. The summed E-state index contributed by atoms with van der Waals surface area (Å²) in [5.41, 5.74) is 2.39. The Morgan fingerprint density at radius 1 is 0.957 bits per heavy atom. The van der Waals surface area contributed by atoms with Crippen LogP contribution in [0.25, 0.3) is 0 Å². The lowest BCUT2D eigenvalue weighted by atomic mass is 10.0. The summed E-state index contributed by atoms with van der Waals surface area (Å²) in [5, 5.41) is 9.41. The Labute approximate surface area is 135 Å². The maximum absolute atomic E-state index is 12.3. The molecule has 4 heteroatoms. The number of unbranched alkanes of at least 4 members (excludes halogenated alkanes) is 1. The summed E-state index contributed by atoms with van der Waals surface area (Å²) in [7, 11) is 0. The largest absolute Gasteiger partial charge is 0.480 e. The van der Waals surface area contributed by atoms with E-state index in [9.17, 15) is 14.3 Å². The van der Waals surface area contributed by atoms with E-state index in [-0.39, 0.29) is 0 Å². The molecular weight excluding hydrogens is 293 g/mol. The van der Waals surface area contributed by atoms with E-state index in [0.717, 1.165) is 11.1 Å². The summed E-state index contributed by atoms with van der Waals surface area (Å²) < 4.78 is 12.3. The van der Waals surface area contributed by atoms with Gasteiger partial charge in [-0.25, -0.2) is 4.79 Å². The molecule has 2 aromatic carbocycles. The summed E-state index contributed by atoms with van der Waals surface area (Å²) in [5.74, 6) is -0.978. The summed E-state index contributed by atoms with van der Waals surface area (Å²) in [6.07, 6.45) is 1.21. The van der Waals surface area contributed by atoms with E-state index in [1.54, 1.807) is 0 Å². The van der Waals surface area contributed by atoms with Gasteiger partial charge in [0.25, 0.3) is 0 Å². The molecule has 0 saturated carbocycles. The number of carboxylic acids is 1. The fourth-order valence-electron chi connectivity index (χ4n) is 2.34. The molecule has 3 nitrogen and oxygen atoms in total. The predicted molar refractivity (Wildman–Crippen MR) is 89.8 cm³/mol. The minimum absolute atomic E-state index is 0.336. The Bertz CT molecular complexity index is 599. The van der Waals surface area contributed by atoms with Gasteiger partial charge in [0.05, 0.1) is 12.4 Å². The van der Waals surface area contributed by atoms with Gasteiger partial charge in [-0.2, -0.15) is 0 Å². The Balaban J connectivity index is 2.37. The average Bonchev–Trinajstić information content (AvgIpc) is 2.59. The van der Waals surface area contributed by atoms with E-state index in [4.69, 9.17) is 0 Å². The van der Waals surface area contributed by atoms with Crippen LogP contribution in [-0.2, 0) is 4.79 Å². The van der Waals surface area contributed by atoms with Crippen molar-refractivity contribution in [2.24, 2.45) is 4.99 Å². The number of alkyl halides is 1. The predicted octanol–water partition coefficient (Wildman–Crippen LogP) is 4.12. The SMILES string of the molecule is O=C(O)[C@@H](CCCCF)N=C(c1ccccc1)c1ccccc1. The number of benzene rings is 2. The van der Waals surface area contributed by atoms with Gasteiger partial charge in [-0.3, -0.25) is 9.38 Å². The van der Waals surface area contributed by atoms with Gasteiger partial charge in [-0.1, -0.05) is 60.7 Å². The van der Waals surface area contributed by atoms with Crippen LogP contribution in [0.3, 0.4) is 0 Å². The molecule has 0 bridgehead atoms. The molecule has 2 aromatic rings. The quantitative estimate of drug-likeness (QED) is 0.589. The van der Waals surface area contributed by atoms with Gasteiger partial charge in [-0.15, -0.1) is 0 Å². The maximum atomic E-state index is 12.3. The molecule has 0 saturated heterocycles. The zero-order valence-corrected chi connectivity index (χ0v) is 12.9. The van der Waals surface area contributed by atoms with Crippen LogP contribution in [0.15, 0.2) is 65.7 Å².